The number of nitrogens with one attached hydrogen (secondary N) is 1. The Labute approximate surface area is 169 Å². The van der Waals surface area contributed by atoms with Crippen LogP contribution in [0.2, 0.25) is 0 Å². The number of H-pyrrole nitrogens is 1. The Hall–Kier alpha value is -3.03. The van der Waals surface area contributed by atoms with Crippen LogP contribution in [0, 0.1) is 0 Å². The smallest absolute Gasteiger partial charge is 0.274 e. The van der Waals surface area contributed by atoms with Gasteiger partial charge in [-0.25, -0.2) is 0 Å². The molecule has 1 N–H and O–H groups in total. The molecule has 1 aliphatic heterocycles. The molecule has 154 valence electrons. The zero-order chi connectivity index (χ0) is 20.2. The standard InChI is InChI=1S/C21H26N4O4/c1-28-17-7-4-8-18(12-17)29-14-15-11-19(23-22-15)21(27)24-9-10-25(20(26)13-24)16-5-2-3-6-16/h4,7-8,11-12,16H,2-3,5-6,9-10,13-14H2,1H3,(H,22,23). The maximum atomic E-state index is 12.8. The second-order valence-corrected chi connectivity index (χ2v) is 7.50. The first-order chi connectivity index (χ1) is 14.1. The third kappa shape index (κ3) is 4.36. The highest BCUT2D eigenvalue weighted by molar-refractivity contribution is 5.95. The average Bonchev–Trinajstić information content (AvgIpc) is 3.44. The second kappa shape index (κ2) is 8.55. The molecule has 0 radical (unpaired) electrons. The zero-order valence-electron chi connectivity index (χ0n) is 16.6. The molecular formula is C21H26N4O4. The van der Waals surface area contributed by atoms with E-state index in [1.165, 1.54) is 12.8 Å². The van der Waals surface area contributed by atoms with Crippen LogP contribution in [0.15, 0.2) is 30.3 Å². The van der Waals surface area contributed by atoms with Crippen molar-refractivity contribution in [3.63, 3.8) is 0 Å². The minimum Gasteiger partial charge on any atom is -0.497 e. The molecule has 0 spiro atoms. The van der Waals surface area contributed by atoms with Crippen molar-refractivity contribution in [2.45, 2.75) is 38.3 Å². The molecule has 1 aromatic heterocycles. The van der Waals surface area contributed by atoms with Crippen molar-refractivity contribution in [2.24, 2.45) is 0 Å². The van der Waals surface area contributed by atoms with Gasteiger partial charge in [0.25, 0.3) is 5.91 Å². The Morgan fingerprint density at radius 2 is 2.00 bits per heavy atom. The lowest BCUT2D eigenvalue weighted by Crippen LogP contribution is -2.54. The first-order valence-electron chi connectivity index (χ1n) is 10.0. The van der Waals surface area contributed by atoms with Crippen LogP contribution < -0.4 is 9.47 Å². The highest BCUT2D eigenvalue weighted by Crippen LogP contribution is 2.25. The van der Waals surface area contributed by atoms with Crippen LogP contribution in [0.25, 0.3) is 0 Å². The van der Waals surface area contributed by atoms with Gasteiger partial charge >= 0.3 is 0 Å². The maximum absolute atomic E-state index is 12.8. The van der Waals surface area contributed by atoms with Crippen molar-refractivity contribution in [1.82, 2.24) is 20.0 Å². The van der Waals surface area contributed by atoms with Crippen LogP contribution in [-0.4, -0.2) is 64.6 Å². The second-order valence-electron chi connectivity index (χ2n) is 7.50. The lowest BCUT2D eigenvalue weighted by molar-refractivity contribution is -0.137. The fraction of sp³-hybridized carbons (Fsp3) is 0.476. The van der Waals surface area contributed by atoms with Crippen LogP contribution in [-0.2, 0) is 11.4 Å². The van der Waals surface area contributed by atoms with E-state index in [-0.39, 0.29) is 25.0 Å². The summed E-state index contributed by atoms with van der Waals surface area (Å²) in [4.78, 5) is 28.8. The van der Waals surface area contributed by atoms with Gasteiger partial charge in [-0.05, 0) is 31.0 Å². The summed E-state index contributed by atoms with van der Waals surface area (Å²) >= 11 is 0. The number of piperazine rings is 1. The van der Waals surface area contributed by atoms with Crippen molar-refractivity contribution in [1.29, 1.82) is 0 Å². The van der Waals surface area contributed by atoms with E-state index in [0.717, 1.165) is 12.8 Å². The molecule has 4 rings (SSSR count). The van der Waals surface area contributed by atoms with Gasteiger partial charge in [0.2, 0.25) is 5.91 Å². The summed E-state index contributed by atoms with van der Waals surface area (Å²) in [5, 5.41) is 6.95. The average molecular weight is 398 g/mol. The quantitative estimate of drug-likeness (QED) is 0.806. The fourth-order valence-electron chi connectivity index (χ4n) is 4.02. The van der Waals surface area contributed by atoms with Gasteiger partial charge in [0, 0.05) is 25.2 Å². The third-order valence-corrected chi connectivity index (χ3v) is 5.60. The van der Waals surface area contributed by atoms with E-state index < -0.39 is 0 Å². The molecule has 0 unspecified atom stereocenters. The van der Waals surface area contributed by atoms with Crippen LogP contribution in [0.1, 0.15) is 41.9 Å². The van der Waals surface area contributed by atoms with Gasteiger partial charge in [-0.1, -0.05) is 18.9 Å². The minimum atomic E-state index is -0.228. The van der Waals surface area contributed by atoms with Crippen molar-refractivity contribution in [3.8, 4) is 11.5 Å². The van der Waals surface area contributed by atoms with E-state index in [0.29, 0.717) is 42.0 Å². The molecule has 2 fully saturated rings. The number of carbonyl (C=O) groups excluding carboxylic acids is 2. The van der Waals surface area contributed by atoms with Gasteiger partial charge in [0.15, 0.2) is 5.69 Å². The number of amides is 2. The van der Waals surface area contributed by atoms with E-state index in [2.05, 4.69) is 10.2 Å². The molecular weight excluding hydrogens is 372 g/mol. The summed E-state index contributed by atoms with van der Waals surface area (Å²) in [5.74, 6) is 1.19. The highest BCUT2D eigenvalue weighted by atomic mass is 16.5. The topological polar surface area (TPSA) is 87.8 Å². The number of hydrogen-bond donors (Lipinski definition) is 1. The van der Waals surface area contributed by atoms with Crippen molar-refractivity contribution >= 4 is 11.8 Å². The van der Waals surface area contributed by atoms with Gasteiger partial charge < -0.3 is 19.3 Å². The monoisotopic (exact) mass is 398 g/mol. The number of aromatic amines is 1. The summed E-state index contributed by atoms with van der Waals surface area (Å²) in [5.41, 5.74) is 0.989. The first-order valence-corrected chi connectivity index (χ1v) is 10.0. The molecule has 1 aliphatic carbocycles. The SMILES string of the molecule is COc1cccc(OCc2cc(C(=O)N3CCN(C4CCCC4)C(=O)C3)n[nH]2)c1. The molecule has 1 saturated heterocycles. The van der Waals surface area contributed by atoms with E-state index in [4.69, 9.17) is 9.47 Å². The van der Waals surface area contributed by atoms with Gasteiger partial charge in [0.05, 0.1) is 12.8 Å². The maximum Gasteiger partial charge on any atom is 0.274 e. The normalized spacial score (nSPS) is 17.6. The Balaban J connectivity index is 1.33. The molecule has 2 heterocycles. The van der Waals surface area contributed by atoms with Gasteiger partial charge in [-0.2, -0.15) is 5.10 Å². The summed E-state index contributed by atoms with van der Waals surface area (Å²) in [6, 6.07) is 9.34. The lowest BCUT2D eigenvalue weighted by atomic mass is 10.1. The van der Waals surface area contributed by atoms with Crippen molar-refractivity contribution < 1.29 is 19.1 Å². The molecule has 2 aromatic rings. The summed E-state index contributed by atoms with van der Waals surface area (Å²) in [6.07, 6.45) is 4.53. The van der Waals surface area contributed by atoms with Crippen molar-refractivity contribution in [2.75, 3.05) is 26.7 Å². The number of ether oxygens (including phenoxy) is 2. The third-order valence-electron chi connectivity index (χ3n) is 5.60. The first kappa shape index (κ1) is 19.3. The lowest BCUT2D eigenvalue weighted by Gasteiger charge is -2.37. The van der Waals surface area contributed by atoms with Gasteiger partial charge in [-0.3, -0.25) is 14.7 Å². The molecule has 2 aliphatic rings. The number of methoxy groups -OCH3 is 1. The Bertz CT molecular complexity index is 875. The van der Waals surface area contributed by atoms with Crippen LogP contribution in [0.5, 0.6) is 11.5 Å². The zero-order valence-corrected chi connectivity index (χ0v) is 16.6. The van der Waals surface area contributed by atoms with E-state index in [1.54, 1.807) is 24.1 Å². The predicted molar refractivity (Wildman–Crippen MR) is 106 cm³/mol. The van der Waals surface area contributed by atoms with Crippen LogP contribution in [0.4, 0.5) is 0 Å². The minimum absolute atomic E-state index is 0.0358. The predicted octanol–water partition coefficient (Wildman–Crippen LogP) is 2.22. The molecule has 1 aromatic carbocycles. The highest BCUT2D eigenvalue weighted by Gasteiger charge is 2.33. The van der Waals surface area contributed by atoms with E-state index in [1.807, 2.05) is 23.1 Å². The molecule has 8 nitrogen and oxygen atoms in total. The van der Waals surface area contributed by atoms with E-state index in [9.17, 15) is 9.59 Å². The number of benzene rings is 1. The molecule has 0 atom stereocenters. The number of hydrogen-bond acceptors (Lipinski definition) is 5. The number of aromatic nitrogens is 2. The fourth-order valence-corrected chi connectivity index (χ4v) is 4.02. The molecule has 0 bridgehead atoms. The largest absolute Gasteiger partial charge is 0.497 e. The summed E-state index contributed by atoms with van der Waals surface area (Å²) in [6.45, 7) is 1.52. The summed E-state index contributed by atoms with van der Waals surface area (Å²) in [7, 11) is 1.60. The Kier molecular flexibility index (Phi) is 5.69. The number of nitrogens with zero attached hydrogens (tertiary/aromatic N) is 3. The number of rotatable bonds is 6. The van der Waals surface area contributed by atoms with Gasteiger partial charge in [0.1, 0.15) is 24.7 Å². The van der Waals surface area contributed by atoms with Crippen molar-refractivity contribution in [3.05, 3.63) is 41.7 Å². The number of carbonyl (C=O) groups is 2. The molecule has 8 heteroatoms. The molecule has 2 amide bonds. The van der Waals surface area contributed by atoms with Crippen LogP contribution >= 0.6 is 0 Å². The molecule has 1 saturated carbocycles. The summed E-state index contributed by atoms with van der Waals surface area (Å²) < 4.78 is 10.9. The van der Waals surface area contributed by atoms with E-state index >= 15 is 0 Å². The van der Waals surface area contributed by atoms with Gasteiger partial charge in [-0.15, -0.1) is 0 Å². The Morgan fingerprint density at radius 1 is 1.21 bits per heavy atom. The Morgan fingerprint density at radius 3 is 2.76 bits per heavy atom. The van der Waals surface area contributed by atoms with Crippen LogP contribution in [0.3, 0.4) is 0 Å². The molecule has 29 heavy (non-hydrogen) atoms.